The van der Waals surface area contributed by atoms with E-state index in [1.807, 2.05) is 0 Å². The Morgan fingerprint density at radius 3 is 1.68 bits per heavy atom. The number of unbranched alkanes of at least 4 members (excludes halogenated alkanes) is 10. The lowest BCUT2D eigenvalue weighted by Gasteiger charge is -2.34. The molecule has 0 bridgehead atoms. The Hall–Kier alpha value is -1.10. The van der Waals surface area contributed by atoms with Crippen LogP contribution in [-0.4, -0.2) is 50.1 Å². The number of carboxylic acid groups (broad SMARTS) is 1. The van der Waals surface area contributed by atoms with Crippen LogP contribution in [0.2, 0.25) is 0 Å². The van der Waals surface area contributed by atoms with Crippen molar-refractivity contribution in [3.63, 3.8) is 0 Å². The third kappa shape index (κ3) is 13.8. The van der Waals surface area contributed by atoms with Gasteiger partial charge in [-0.1, -0.05) is 71.1 Å². The monoisotopic (exact) mass is 356 g/mol. The summed E-state index contributed by atoms with van der Waals surface area (Å²) in [5, 5.41) is 13.9. The average molecular weight is 357 g/mol. The quantitative estimate of drug-likeness (QED) is 0.341. The Labute approximate surface area is 154 Å². The van der Waals surface area contributed by atoms with Gasteiger partial charge in [0.25, 0.3) is 0 Å². The van der Waals surface area contributed by atoms with Crippen molar-refractivity contribution in [2.45, 2.75) is 90.0 Å². The number of carbonyl (C=O) groups excluding carboxylic acids is 2. The van der Waals surface area contributed by atoms with Gasteiger partial charge in [-0.05, 0) is 6.42 Å². The molecule has 0 fully saturated rings. The molecule has 0 rings (SSSR count). The zero-order valence-electron chi connectivity index (χ0n) is 16.9. The first-order valence-corrected chi connectivity index (χ1v) is 10.1. The van der Waals surface area contributed by atoms with E-state index in [1.54, 1.807) is 21.1 Å². The fourth-order valence-electron chi connectivity index (χ4n) is 2.92. The van der Waals surface area contributed by atoms with Crippen LogP contribution in [0.5, 0.6) is 0 Å². The second-order valence-corrected chi connectivity index (χ2v) is 8.04. The van der Waals surface area contributed by atoms with Gasteiger partial charge in [-0.15, -0.1) is 0 Å². The highest BCUT2D eigenvalue weighted by Crippen LogP contribution is 2.12. The fourth-order valence-corrected chi connectivity index (χ4v) is 2.92. The maximum absolute atomic E-state index is 11.8. The number of quaternary nitrogens is 1. The van der Waals surface area contributed by atoms with Gasteiger partial charge in [0.15, 0.2) is 0 Å². The van der Waals surface area contributed by atoms with E-state index >= 15 is 0 Å². The number of rotatable bonds is 16. The number of hydrogen-bond donors (Lipinski definition) is 1. The van der Waals surface area contributed by atoms with Gasteiger partial charge in [0.2, 0.25) is 5.91 Å². The van der Waals surface area contributed by atoms with E-state index in [0.29, 0.717) is 6.42 Å². The number of likely N-dealkylation sites (N-methyl/N-ethyl adjacent to an activating group) is 1. The standard InChI is InChI=1S/C20H40N2O3/c1-5-6-7-8-9-10-11-12-13-14-15-16-19(23)21-17-18(20(24)25)22(2,3)4/h18H,5-17H2,1-4H3,(H-,21,23,24,25). The molecular formula is C20H40N2O3. The molecular weight excluding hydrogens is 316 g/mol. The van der Waals surface area contributed by atoms with Gasteiger partial charge in [0.1, 0.15) is 12.0 Å². The van der Waals surface area contributed by atoms with Gasteiger partial charge in [-0.25, -0.2) is 0 Å². The highest BCUT2D eigenvalue weighted by atomic mass is 16.4. The molecule has 0 radical (unpaired) electrons. The van der Waals surface area contributed by atoms with Crippen molar-refractivity contribution in [1.29, 1.82) is 0 Å². The zero-order valence-corrected chi connectivity index (χ0v) is 16.9. The molecule has 0 aromatic heterocycles. The normalized spacial score (nSPS) is 12.8. The lowest BCUT2D eigenvalue weighted by atomic mass is 10.1. The van der Waals surface area contributed by atoms with Crippen molar-refractivity contribution >= 4 is 11.9 Å². The predicted octanol–water partition coefficient (Wildman–Crippen LogP) is 2.63. The van der Waals surface area contributed by atoms with Crippen molar-refractivity contribution in [3.05, 3.63) is 0 Å². The first-order chi connectivity index (χ1) is 11.8. The molecule has 0 aliphatic carbocycles. The summed E-state index contributed by atoms with van der Waals surface area (Å²) in [4.78, 5) is 23.0. The highest BCUT2D eigenvalue weighted by Gasteiger charge is 2.25. The number of aliphatic carboxylic acids is 1. The van der Waals surface area contributed by atoms with Crippen LogP contribution in [0.15, 0.2) is 0 Å². The van der Waals surface area contributed by atoms with Gasteiger partial charge in [0.05, 0.1) is 27.7 Å². The number of carbonyl (C=O) groups is 2. The van der Waals surface area contributed by atoms with Crippen LogP contribution in [0.3, 0.4) is 0 Å². The molecule has 5 heteroatoms. The Balaban J connectivity index is 3.57. The number of nitrogens with one attached hydrogen (secondary N) is 1. The summed E-state index contributed by atoms with van der Waals surface area (Å²) in [5.41, 5.74) is 0. The minimum absolute atomic E-state index is 0.0596. The molecule has 0 saturated heterocycles. The van der Waals surface area contributed by atoms with Crippen LogP contribution < -0.4 is 10.4 Å². The van der Waals surface area contributed by atoms with Crippen molar-refractivity contribution in [2.75, 3.05) is 27.7 Å². The fraction of sp³-hybridized carbons (Fsp3) is 0.900. The largest absolute Gasteiger partial charge is 0.544 e. The molecule has 0 aliphatic heterocycles. The molecule has 1 N–H and O–H groups in total. The molecule has 148 valence electrons. The predicted molar refractivity (Wildman–Crippen MR) is 101 cm³/mol. The number of nitrogens with zero attached hydrogens (tertiary/aromatic N) is 1. The second kappa shape index (κ2) is 14.1. The van der Waals surface area contributed by atoms with Gasteiger partial charge >= 0.3 is 0 Å². The smallest absolute Gasteiger partial charge is 0.220 e. The summed E-state index contributed by atoms with van der Waals surface area (Å²) in [6, 6.07) is -0.721. The summed E-state index contributed by atoms with van der Waals surface area (Å²) in [6.45, 7) is 2.37. The highest BCUT2D eigenvalue weighted by molar-refractivity contribution is 5.77. The van der Waals surface area contributed by atoms with Crippen LogP contribution in [0.25, 0.3) is 0 Å². The molecule has 1 amide bonds. The lowest BCUT2D eigenvalue weighted by Crippen LogP contribution is -2.59. The van der Waals surface area contributed by atoms with E-state index in [1.165, 1.54) is 57.8 Å². The van der Waals surface area contributed by atoms with E-state index in [4.69, 9.17) is 0 Å². The van der Waals surface area contributed by atoms with E-state index in [0.717, 1.165) is 12.8 Å². The van der Waals surface area contributed by atoms with Gasteiger partial charge in [-0.3, -0.25) is 4.79 Å². The summed E-state index contributed by atoms with van der Waals surface area (Å²) in [7, 11) is 5.36. The third-order valence-electron chi connectivity index (χ3n) is 4.71. The topological polar surface area (TPSA) is 69.2 Å². The molecule has 5 nitrogen and oxygen atoms in total. The van der Waals surface area contributed by atoms with Crippen LogP contribution in [0, 0.1) is 0 Å². The molecule has 0 aromatic carbocycles. The van der Waals surface area contributed by atoms with Crippen molar-refractivity contribution in [2.24, 2.45) is 0 Å². The van der Waals surface area contributed by atoms with E-state index in [-0.39, 0.29) is 16.9 Å². The SMILES string of the molecule is CCCCCCCCCCCCCC(=O)NCC(C(=O)[O-])[N+](C)(C)C. The first kappa shape index (κ1) is 23.9. The molecule has 1 unspecified atom stereocenters. The Bertz CT molecular complexity index is 364. The Kier molecular flexibility index (Phi) is 13.5. The Morgan fingerprint density at radius 2 is 1.28 bits per heavy atom. The molecule has 0 saturated carbocycles. The van der Waals surface area contributed by atoms with Crippen molar-refractivity contribution in [3.8, 4) is 0 Å². The van der Waals surface area contributed by atoms with Crippen LogP contribution in [0.4, 0.5) is 0 Å². The lowest BCUT2D eigenvalue weighted by molar-refractivity contribution is -0.888. The van der Waals surface area contributed by atoms with Gasteiger partial charge in [0, 0.05) is 6.42 Å². The maximum atomic E-state index is 11.8. The van der Waals surface area contributed by atoms with E-state index in [9.17, 15) is 14.7 Å². The summed E-state index contributed by atoms with van der Waals surface area (Å²) >= 11 is 0. The second-order valence-electron chi connectivity index (χ2n) is 8.04. The molecule has 1 atom stereocenters. The minimum atomic E-state index is -1.12. The van der Waals surface area contributed by atoms with Gasteiger partial charge in [-0.2, -0.15) is 0 Å². The minimum Gasteiger partial charge on any atom is -0.544 e. The maximum Gasteiger partial charge on any atom is 0.220 e. The molecule has 0 spiro atoms. The zero-order chi connectivity index (χ0) is 19.1. The van der Waals surface area contributed by atoms with Crippen LogP contribution in [0.1, 0.15) is 84.0 Å². The molecule has 0 heterocycles. The first-order valence-electron chi connectivity index (χ1n) is 10.1. The van der Waals surface area contributed by atoms with Crippen molar-refractivity contribution < 1.29 is 19.2 Å². The molecule has 0 aromatic rings. The number of hydrogen-bond acceptors (Lipinski definition) is 3. The molecule has 25 heavy (non-hydrogen) atoms. The van der Waals surface area contributed by atoms with Crippen molar-refractivity contribution in [1.82, 2.24) is 5.32 Å². The van der Waals surface area contributed by atoms with Crippen LogP contribution >= 0.6 is 0 Å². The summed E-state index contributed by atoms with van der Waals surface area (Å²) in [6.07, 6.45) is 14.3. The number of carboxylic acids is 1. The van der Waals surface area contributed by atoms with E-state index in [2.05, 4.69) is 12.2 Å². The number of amides is 1. The van der Waals surface area contributed by atoms with Gasteiger partial charge < -0.3 is 19.7 Å². The van der Waals surface area contributed by atoms with E-state index < -0.39 is 12.0 Å². The molecule has 0 aliphatic rings. The third-order valence-corrected chi connectivity index (χ3v) is 4.71. The van der Waals surface area contributed by atoms with Crippen LogP contribution in [-0.2, 0) is 9.59 Å². The average Bonchev–Trinajstić information content (AvgIpc) is 2.51. The Morgan fingerprint density at radius 1 is 0.840 bits per heavy atom. The summed E-state index contributed by atoms with van der Waals surface area (Å²) < 4.78 is 0.237. The summed E-state index contributed by atoms with van der Waals surface area (Å²) in [5.74, 6) is -1.18.